The van der Waals surface area contributed by atoms with Crippen molar-refractivity contribution in [3.05, 3.63) is 39.0 Å². The van der Waals surface area contributed by atoms with Crippen molar-refractivity contribution in [3.8, 4) is 0 Å². The molecule has 1 spiro atoms. The average molecular weight is 444 g/mol. The standard InChI is InChI=1S/C18H21ClF3N7O/c1-10-6-11(27-15-13(19)14(23)24-9-25-15)16(30)29-12(10)7-26-17(29)2-4-28(5-3-17)8-18(20,21)22/h6,9,26H,2-5,7-8H2,1H3,(H3,23,24,25,27). The van der Waals surface area contributed by atoms with Gasteiger partial charge in [0.25, 0.3) is 5.56 Å². The number of halogens is 4. The Morgan fingerprint density at radius 1 is 1.33 bits per heavy atom. The van der Waals surface area contributed by atoms with Crippen LogP contribution >= 0.6 is 11.6 Å². The lowest BCUT2D eigenvalue weighted by Crippen LogP contribution is -2.55. The molecule has 0 saturated carbocycles. The third-order valence-electron chi connectivity index (χ3n) is 5.69. The molecule has 2 aromatic rings. The number of rotatable bonds is 3. The summed E-state index contributed by atoms with van der Waals surface area (Å²) >= 11 is 6.13. The number of fused-ring (bicyclic) bond motifs is 2. The molecule has 4 N–H and O–H groups in total. The van der Waals surface area contributed by atoms with Crippen LogP contribution in [0, 0.1) is 6.92 Å². The number of nitrogen functional groups attached to an aromatic ring is 1. The number of pyridine rings is 1. The first-order chi connectivity index (χ1) is 14.1. The summed E-state index contributed by atoms with van der Waals surface area (Å²) in [4.78, 5) is 22.5. The minimum atomic E-state index is -4.24. The molecule has 0 atom stereocenters. The van der Waals surface area contributed by atoms with Crippen LogP contribution in [0.4, 0.5) is 30.5 Å². The molecule has 162 valence electrons. The Morgan fingerprint density at radius 2 is 2.03 bits per heavy atom. The van der Waals surface area contributed by atoms with Crippen molar-refractivity contribution in [1.29, 1.82) is 0 Å². The van der Waals surface area contributed by atoms with E-state index in [1.807, 2.05) is 6.92 Å². The SMILES string of the molecule is Cc1cc(Nc2ncnc(N)c2Cl)c(=O)n2c1CNC21CCN(CC(F)(F)F)CC1. The van der Waals surface area contributed by atoms with Crippen molar-refractivity contribution in [2.45, 2.75) is 38.1 Å². The Kier molecular flexibility index (Phi) is 5.15. The van der Waals surface area contributed by atoms with Crippen molar-refractivity contribution in [2.24, 2.45) is 0 Å². The summed E-state index contributed by atoms with van der Waals surface area (Å²) in [5.41, 5.74) is 6.65. The molecule has 0 unspecified atom stereocenters. The van der Waals surface area contributed by atoms with E-state index in [2.05, 4.69) is 20.6 Å². The van der Waals surface area contributed by atoms with Gasteiger partial charge in [-0.3, -0.25) is 19.6 Å². The molecule has 4 heterocycles. The van der Waals surface area contributed by atoms with Crippen LogP contribution in [-0.4, -0.2) is 45.2 Å². The molecular formula is C18H21ClF3N7O. The summed E-state index contributed by atoms with van der Waals surface area (Å²) in [5, 5.41) is 6.40. The fraction of sp³-hybridized carbons (Fsp3) is 0.500. The molecule has 0 radical (unpaired) electrons. The van der Waals surface area contributed by atoms with Gasteiger partial charge in [0.05, 0.1) is 6.54 Å². The van der Waals surface area contributed by atoms with Crippen LogP contribution < -0.4 is 21.9 Å². The molecule has 0 aliphatic carbocycles. The Bertz CT molecular complexity index is 1030. The summed E-state index contributed by atoms with van der Waals surface area (Å²) in [6, 6.07) is 1.71. The zero-order chi connectivity index (χ0) is 21.7. The first-order valence-electron chi connectivity index (χ1n) is 9.43. The summed E-state index contributed by atoms with van der Waals surface area (Å²) in [6.07, 6.45) is -2.23. The zero-order valence-electron chi connectivity index (χ0n) is 16.2. The van der Waals surface area contributed by atoms with Crippen LogP contribution in [0.5, 0.6) is 0 Å². The lowest BCUT2D eigenvalue weighted by Gasteiger charge is -2.41. The van der Waals surface area contributed by atoms with Crippen LogP contribution in [0.1, 0.15) is 24.1 Å². The van der Waals surface area contributed by atoms with E-state index < -0.39 is 18.4 Å². The van der Waals surface area contributed by atoms with E-state index in [-0.39, 0.29) is 41.0 Å². The molecule has 0 aromatic carbocycles. The molecule has 12 heteroatoms. The number of nitrogens with zero attached hydrogens (tertiary/aromatic N) is 4. The van der Waals surface area contributed by atoms with E-state index in [0.717, 1.165) is 11.3 Å². The van der Waals surface area contributed by atoms with E-state index in [4.69, 9.17) is 17.3 Å². The number of likely N-dealkylation sites (tertiary alicyclic amines) is 1. The Hall–Kier alpha value is -2.37. The molecule has 4 rings (SSSR count). The van der Waals surface area contributed by atoms with Gasteiger partial charge in [0.2, 0.25) is 0 Å². The van der Waals surface area contributed by atoms with E-state index >= 15 is 0 Å². The highest BCUT2D eigenvalue weighted by atomic mass is 35.5. The maximum Gasteiger partial charge on any atom is 0.401 e. The van der Waals surface area contributed by atoms with E-state index in [1.54, 1.807) is 10.6 Å². The number of aryl methyl sites for hydroxylation is 1. The molecule has 0 bridgehead atoms. The first kappa shape index (κ1) is 20.9. The van der Waals surface area contributed by atoms with Gasteiger partial charge in [-0.05, 0) is 31.4 Å². The van der Waals surface area contributed by atoms with Crippen molar-refractivity contribution in [2.75, 3.05) is 30.7 Å². The predicted octanol–water partition coefficient (Wildman–Crippen LogP) is 2.34. The Morgan fingerprint density at radius 3 is 2.70 bits per heavy atom. The van der Waals surface area contributed by atoms with Crippen LogP contribution in [-0.2, 0) is 12.2 Å². The third-order valence-corrected chi connectivity index (χ3v) is 6.06. The summed E-state index contributed by atoms with van der Waals surface area (Å²) in [5.74, 6) is 0.295. The maximum absolute atomic E-state index is 13.3. The quantitative estimate of drug-likeness (QED) is 0.669. The molecule has 2 aliphatic rings. The van der Waals surface area contributed by atoms with Crippen molar-refractivity contribution >= 4 is 28.9 Å². The Balaban J connectivity index is 1.66. The van der Waals surface area contributed by atoms with Gasteiger partial charge < -0.3 is 11.1 Å². The van der Waals surface area contributed by atoms with Crippen LogP contribution in [0.2, 0.25) is 5.02 Å². The van der Waals surface area contributed by atoms with Crippen molar-refractivity contribution in [3.63, 3.8) is 0 Å². The number of aromatic nitrogens is 3. The lowest BCUT2D eigenvalue weighted by atomic mass is 9.96. The van der Waals surface area contributed by atoms with Gasteiger partial charge in [-0.1, -0.05) is 11.6 Å². The molecule has 1 saturated heterocycles. The molecule has 2 aliphatic heterocycles. The lowest BCUT2D eigenvalue weighted by molar-refractivity contribution is -0.150. The van der Waals surface area contributed by atoms with Gasteiger partial charge in [0.15, 0.2) is 5.82 Å². The zero-order valence-corrected chi connectivity index (χ0v) is 16.9. The maximum atomic E-state index is 13.3. The average Bonchev–Trinajstić information content (AvgIpc) is 3.04. The highest BCUT2D eigenvalue weighted by Gasteiger charge is 2.44. The molecule has 1 fully saturated rings. The number of anilines is 3. The number of hydrogen-bond acceptors (Lipinski definition) is 7. The van der Waals surface area contributed by atoms with Crippen LogP contribution in [0.3, 0.4) is 0 Å². The molecule has 2 aromatic heterocycles. The Labute approximate surface area is 175 Å². The van der Waals surface area contributed by atoms with Crippen molar-refractivity contribution < 1.29 is 13.2 Å². The van der Waals surface area contributed by atoms with Gasteiger partial charge in [-0.25, -0.2) is 9.97 Å². The number of alkyl halides is 3. The highest BCUT2D eigenvalue weighted by Crippen LogP contribution is 2.35. The topological polar surface area (TPSA) is 101 Å². The number of nitrogens with two attached hydrogens (primary N) is 1. The van der Waals surface area contributed by atoms with Gasteiger partial charge in [0.1, 0.15) is 28.5 Å². The van der Waals surface area contributed by atoms with Gasteiger partial charge in [-0.2, -0.15) is 13.2 Å². The first-order valence-corrected chi connectivity index (χ1v) is 9.80. The third kappa shape index (κ3) is 3.72. The van der Waals surface area contributed by atoms with E-state index in [0.29, 0.717) is 19.4 Å². The minimum Gasteiger partial charge on any atom is -0.382 e. The molecule has 0 amide bonds. The fourth-order valence-electron chi connectivity index (χ4n) is 4.20. The van der Waals surface area contributed by atoms with Crippen LogP contribution in [0.25, 0.3) is 0 Å². The fourth-order valence-corrected chi connectivity index (χ4v) is 4.35. The van der Waals surface area contributed by atoms with Gasteiger partial charge in [0, 0.05) is 25.3 Å². The summed E-state index contributed by atoms with van der Waals surface area (Å²) in [6.45, 7) is 1.89. The second kappa shape index (κ2) is 7.40. The highest BCUT2D eigenvalue weighted by molar-refractivity contribution is 6.35. The van der Waals surface area contributed by atoms with E-state index in [1.165, 1.54) is 11.2 Å². The van der Waals surface area contributed by atoms with Gasteiger partial charge >= 0.3 is 6.18 Å². The molecule has 30 heavy (non-hydrogen) atoms. The number of piperidine rings is 1. The largest absolute Gasteiger partial charge is 0.401 e. The van der Waals surface area contributed by atoms with E-state index in [9.17, 15) is 18.0 Å². The van der Waals surface area contributed by atoms with Gasteiger partial charge in [-0.15, -0.1) is 0 Å². The van der Waals surface area contributed by atoms with Crippen LogP contribution in [0.15, 0.2) is 17.2 Å². The minimum absolute atomic E-state index is 0.0855. The number of nitrogens with one attached hydrogen (secondary N) is 2. The molecular weight excluding hydrogens is 423 g/mol. The second-order valence-corrected chi connectivity index (χ2v) is 8.03. The smallest absolute Gasteiger partial charge is 0.382 e. The van der Waals surface area contributed by atoms with Crippen molar-refractivity contribution in [1.82, 2.24) is 24.8 Å². The predicted molar refractivity (Wildman–Crippen MR) is 107 cm³/mol. The summed E-state index contributed by atoms with van der Waals surface area (Å²) < 4.78 is 39.9. The second-order valence-electron chi connectivity index (χ2n) is 7.65. The summed E-state index contributed by atoms with van der Waals surface area (Å²) in [7, 11) is 0. The number of hydrogen-bond donors (Lipinski definition) is 3. The monoisotopic (exact) mass is 443 g/mol. The normalized spacial score (nSPS) is 18.6. The molecule has 8 nitrogen and oxygen atoms in total.